The van der Waals surface area contributed by atoms with E-state index in [2.05, 4.69) is 39.3 Å². The van der Waals surface area contributed by atoms with E-state index in [9.17, 15) is 39.3 Å². The minimum atomic E-state index is -5.52. The maximum Gasteiger partial charge on any atom is 1.00 e. The standard InChI is InChI=1S/C15H20BrN5O13P2.Na/c16-15-19-6-11(17)20-3-18-12(6)21(15)14-10(25)8(23)5(33-14)2-31-36(28,29)34-35(26,27)30-1-4-7(22)9(24)13(20)32-4;/h3-5,7-10,13-14,17,22-25H,1-2H2,(H,26,27)(H,28,29);/q;+1/p-1/t4-,5-,7?,8+,9?,10?,13-,14-;/m1./s1. The van der Waals surface area contributed by atoms with Gasteiger partial charge in [-0.3, -0.25) is 23.6 Å². The van der Waals surface area contributed by atoms with Crippen LogP contribution in [0.5, 0.6) is 0 Å². The molecule has 0 radical (unpaired) electrons. The van der Waals surface area contributed by atoms with Crippen LogP contribution in [0.1, 0.15) is 12.5 Å². The van der Waals surface area contributed by atoms with Gasteiger partial charge in [0.2, 0.25) is 0 Å². The number of phosphoric ester groups is 2. The second kappa shape index (κ2) is 10.7. The zero-order valence-electron chi connectivity index (χ0n) is 18.7. The fourth-order valence-electron chi connectivity index (χ4n) is 4.08. The Kier molecular flexibility index (Phi) is 8.61. The number of fused-ring (bicyclic) bond motifs is 7. The summed E-state index contributed by atoms with van der Waals surface area (Å²) in [5.74, 6) is 0. The van der Waals surface area contributed by atoms with E-state index in [0.717, 1.165) is 10.9 Å². The number of ether oxygens (including phenoxy) is 2. The van der Waals surface area contributed by atoms with Crippen molar-refractivity contribution in [1.29, 1.82) is 5.41 Å². The molecule has 0 aliphatic carbocycles. The van der Waals surface area contributed by atoms with Gasteiger partial charge in [0.15, 0.2) is 33.8 Å². The SMILES string of the molecule is N=c1c2nc(Br)n3c2ncn1[C@@H]1O[C@H](COP(=O)([O-])OP(=O)(O)OC[C@H]2O[C@@H]3C(O)[C@H]2O)C(O)C1O.[Na+]. The first-order valence-corrected chi connectivity index (χ1v) is 13.9. The number of nitrogens with zero attached hydrogens (tertiary/aromatic N) is 4. The first-order chi connectivity index (χ1) is 16.8. The molecule has 6 heterocycles. The first-order valence-electron chi connectivity index (χ1n) is 10.2. The second-order valence-electron chi connectivity index (χ2n) is 8.11. The number of phosphoric acid groups is 2. The largest absolute Gasteiger partial charge is 1.00 e. The van der Waals surface area contributed by atoms with Crippen LogP contribution >= 0.6 is 31.6 Å². The molecule has 0 aromatic carbocycles. The minimum Gasteiger partial charge on any atom is -0.756 e. The van der Waals surface area contributed by atoms with Crippen LogP contribution in [0.4, 0.5) is 0 Å². The Balaban J connectivity index is 0.00000320. The summed E-state index contributed by atoms with van der Waals surface area (Å²) in [7, 11) is -10.9. The monoisotopic (exact) mass is 641 g/mol. The second-order valence-corrected chi connectivity index (χ2v) is 11.8. The first kappa shape index (κ1) is 29.8. The van der Waals surface area contributed by atoms with Gasteiger partial charge in [0.1, 0.15) is 43.0 Å². The Hall–Kier alpha value is -0.150. The van der Waals surface area contributed by atoms with E-state index in [-0.39, 0.29) is 50.9 Å². The third kappa shape index (κ3) is 5.45. The molecule has 6 rings (SSSR count). The minimum absolute atomic E-state index is 0. The molecule has 4 aliphatic heterocycles. The van der Waals surface area contributed by atoms with E-state index in [4.69, 9.17) is 14.9 Å². The summed E-state index contributed by atoms with van der Waals surface area (Å²) in [6.07, 6.45) is -11.3. The molecule has 200 valence electrons. The number of nitrogens with one attached hydrogen (secondary N) is 1. The van der Waals surface area contributed by atoms with E-state index in [1.54, 1.807) is 0 Å². The van der Waals surface area contributed by atoms with Crippen LogP contribution in [0.2, 0.25) is 0 Å². The van der Waals surface area contributed by atoms with E-state index in [1.807, 2.05) is 0 Å². The average molecular weight is 642 g/mol. The van der Waals surface area contributed by atoms with E-state index < -0.39 is 77.9 Å². The van der Waals surface area contributed by atoms with Crippen LogP contribution in [0.25, 0.3) is 11.2 Å². The normalized spacial score (nSPS) is 42.6. The van der Waals surface area contributed by atoms with Gasteiger partial charge in [-0.2, -0.15) is 0 Å². The van der Waals surface area contributed by atoms with Crippen molar-refractivity contribution in [2.45, 2.75) is 49.1 Å². The molecule has 22 heteroatoms. The molecule has 18 nitrogen and oxygen atoms in total. The van der Waals surface area contributed by atoms with E-state index in [1.165, 1.54) is 4.57 Å². The molecule has 2 saturated heterocycles. The number of aliphatic hydroxyl groups excluding tert-OH is 4. The quantitative estimate of drug-likeness (QED) is 0.0889. The number of rotatable bonds is 0. The number of hydrogen-bond acceptors (Lipinski definition) is 15. The molecule has 37 heavy (non-hydrogen) atoms. The Labute approximate surface area is 236 Å². The summed E-state index contributed by atoms with van der Waals surface area (Å²) in [6, 6.07) is 0. The molecule has 2 aromatic heterocycles. The summed E-state index contributed by atoms with van der Waals surface area (Å²) in [4.78, 5) is 30.3. The molecule has 0 amide bonds. The predicted molar refractivity (Wildman–Crippen MR) is 111 cm³/mol. The Morgan fingerprint density at radius 1 is 1.03 bits per heavy atom. The number of aliphatic hydroxyl groups is 4. The molecule has 10 atom stereocenters. The van der Waals surface area contributed by atoms with Gasteiger partial charge < -0.3 is 44.2 Å². The van der Waals surface area contributed by atoms with Crippen LogP contribution in [0.15, 0.2) is 11.1 Å². The Morgan fingerprint density at radius 3 is 2.24 bits per heavy atom. The van der Waals surface area contributed by atoms with Gasteiger partial charge in [-0.1, -0.05) is 0 Å². The number of hydrogen-bond donors (Lipinski definition) is 6. The van der Waals surface area contributed by atoms with Crippen LogP contribution in [0.3, 0.4) is 0 Å². The van der Waals surface area contributed by atoms with Gasteiger partial charge in [-0.25, -0.2) is 18.8 Å². The fourth-order valence-corrected chi connectivity index (χ4v) is 6.68. The zero-order chi connectivity index (χ0) is 26.2. The number of halogens is 1. The Bertz CT molecular complexity index is 1350. The van der Waals surface area contributed by atoms with Crippen molar-refractivity contribution in [2.24, 2.45) is 0 Å². The summed E-state index contributed by atoms with van der Waals surface area (Å²) < 4.78 is 50.8. The van der Waals surface area contributed by atoms with Gasteiger partial charge >= 0.3 is 37.4 Å². The van der Waals surface area contributed by atoms with Crippen molar-refractivity contribution >= 4 is 42.7 Å². The molecule has 5 unspecified atom stereocenters. The third-order valence-corrected chi connectivity index (χ3v) is 8.96. The van der Waals surface area contributed by atoms with E-state index >= 15 is 0 Å². The topological polar surface area (TPSA) is 264 Å². The maximum atomic E-state index is 12.2. The molecule has 0 spiro atoms. The molecular formula is C15H19BrN5NaO13P2. The zero-order valence-corrected chi connectivity index (χ0v) is 24.0. The van der Waals surface area contributed by atoms with Crippen molar-refractivity contribution in [1.82, 2.24) is 19.1 Å². The maximum absolute atomic E-state index is 12.2. The summed E-state index contributed by atoms with van der Waals surface area (Å²) >= 11 is 3.18. The number of imidazole rings is 1. The van der Waals surface area contributed by atoms with E-state index in [0.29, 0.717) is 0 Å². The van der Waals surface area contributed by atoms with Crippen molar-refractivity contribution in [2.75, 3.05) is 13.2 Å². The number of aromatic nitrogens is 4. The van der Waals surface area contributed by atoms with Gasteiger partial charge in [0, 0.05) is 0 Å². The van der Waals surface area contributed by atoms with Crippen molar-refractivity contribution in [3.63, 3.8) is 0 Å². The molecule has 6 N–H and O–H groups in total. The molecule has 2 fully saturated rings. The summed E-state index contributed by atoms with van der Waals surface area (Å²) in [5, 5.41) is 50.3. The van der Waals surface area contributed by atoms with Crippen LogP contribution in [0, 0.1) is 5.41 Å². The summed E-state index contributed by atoms with van der Waals surface area (Å²) in [5.41, 5.74) is -0.387. The van der Waals surface area contributed by atoms with Crippen LogP contribution < -0.4 is 39.9 Å². The molecule has 2 aromatic rings. The Morgan fingerprint density at radius 2 is 1.59 bits per heavy atom. The summed E-state index contributed by atoms with van der Waals surface area (Å²) in [6.45, 7) is -1.82. The molecular weight excluding hydrogens is 623 g/mol. The average Bonchev–Trinajstić information content (AvgIpc) is 3.37. The van der Waals surface area contributed by atoms with Crippen LogP contribution in [-0.2, 0) is 32.0 Å². The van der Waals surface area contributed by atoms with Gasteiger partial charge in [-0.05, 0) is 15.9 Å². The van der Waals surface area contributed by atoms with Gasteiger partial charge in [0.05, 0.1) is 13.2 Å². The third-order valence-electron chi connectivity index (χ3n) is 5.83. The van der Waals surface area contributed by atoms with Crippen molar-refractivity contribution in [3.8, 4) is 0 Å². The molecule has 8 bridgehead atoms. The van der Waals surface area contributed by atoms with Crippen molar-refractivity contribution in [3.05, 3.63) is 16.5 Å². The molecule has 4 aliphatic rings. The smallest absolute Gasteiger partial charge is 0.756 e. The predicted octanol–water partition coefficient (Wildman–Crippen LogP) is -5.65. The van der Waals surface area contributed by atoms with Crippen molar-refractivity contribution < 1.29 is 91.7 Å². The van der Waals surface area contributed by atoms with Gasteiger partial charge in [-0.15, -0.1) is 0 Å². The van der Waals surface area contributed by atoms with Gasteiger partial charge in [0.25, 0.3) is 7.82 Å². The van der Waals surface area contributed by atoms with Crippen LogP contribution in [-0.4, -0.2) is 94.3 Å². The fraction of sp³-hybridized carbons (Fsp3) is 0.667. The molecule has 0 saturated carbocycles.